The first-order valence-corrected chi connectivity index (χ1v) is 4.41. The van der Waals surface area contributed by atoms with E-state index in [0.717, 1.165) is 0 Å². The molecule has 0 aromatic heterocycles. The third kappa shape index (κ3) is 6.08. The fourth-order valence-electron chi connectivity index (χ4n) is 0.929. The molecule has 0 fully saturated rings. The Morgan fingerprint density at radius 3 is 2.38 bits per heavy atom. The van der Waals surface area contributed by atoms with Crippen LogP contribution in [0.2, 0.25) is 0 Å². The Bertz CT molecular complexity index is 194. The molecule has 1 unspecified atom stereocenters. The van der Waals surface area contributed by atoms with Crippen molar-refractivity contribution in [1.29, 1.82) is 0 Å². The van der Waals surface area contributed by atoms with E-state index in [9.17, 15) is 9.59 Å². The van der Waals surface area contributed by atoms with Crippen LogP contribution in [0.1, 0.15) is 26.7 Å². The summed E-state index contributed by atoms with van der Waals surface area (Å²) in [6.45, 7) is 4.04. The molecular weight excluding hydrogens is 168 g/mol. The van der Waals surface area contributed by atoms with Crippen molar-refractivity contribution in [3.63, 3.8) is 0 Å². The highest BCUT2D eigenvalue weighted by Crippen LogP contribution is 2.09. The molecule has 1 atom stereocenters. The van der Waals surface area contributed by atoms with Gasteiger partial charge in [0.05, 0.1) is 5.92 Å². The van der Waals surface area contributed by atoms with Crippen LogP contribution in [0.5, 0.6) is 0 Å². The van der Waals surface area contributed by atoms with Crippen LogP contribution in [-0.2, 0) is 9.59 Å². The molecule has 0 heterocycles. The number of carboxylic acid groups (broad SMARTS) is 1. The lowest BCUT2D eigenvalue weighted by Crippen LogP contribution is -2.13. The number of allylic oxidation sites excluding steroid dienone is 2. The monoisotopic (exact) mass is 184 g/mol. The van der Waals surface area contributed by atoms with Gasteiger partial charge < -0.3 is 9.90 Å². The molecule has 0 bridgehead atoms. The summed E-state index contributed by atoms with van der Waals surface area (Å²) in [5.41, 5.74) is 0. The number of carbonyl (C=O) groups is 2. The van der Waals surface area contributed by atoms with Crippen molar-refractivity contribution in [2.75, 3.05) is 0 Å². The van der Waals surface area contributed by atoms with Crippen LogP contribution < -0.4 is 0 Å². The predicted molar refractivity (Wildman–Crippen MR) is 50.4 cm³/mol. The third-order valence-electron chi connectivity index (χ3n) is 1.67. The van der Waals surface area contributed by atoms with Gasteiger partial charge in [0.15, 0.2) is 0 Å². The Labute approximate surface area is 78.5 Å². The molecule has 13 heavy (non-hydrogen) atoms. The molecule has 0 amide bonds. The second kappa shape index (κ2) is 6.40. The highest BCUT2D eigenvalue weighted by molar-refractivity contribution is 5.73. The zero-order valence-electron chi connectivity index (χ0n) is 8.06. The van der Waals surface area contributed by atoms with E-state index in [0.29, 0.717) is 18.6 Å². The minimum absolute atomic E-state index is 0.0950. The summed E-state index contributed by atoms with van der Waals surface area (Å²) in [6.07, 6.45) is 4.96. The molecule has 0 aromatic rings. The number of aldehydes is 1. The zero-order valence-corrected chi connectivity index (χ0v) is 8.06. The van der Waals surface area contributed by atoms with E-state index in [1.165, 1.54) is 0 Å². The molecule has 0 saturated heterocycles. The predicted octanol–water partition coefficient (Wildman–Crippen LogP) is 1.88. The Morgan fingerprint density at radius 2 is 2.00 bits per heavy atom. The van der Waals surface area contributed by atoms with Crippen LogP contribution >= 0.6 is 0 Å². The molecule has 0 saturated carbocycles. The van der Waals surface area contributed by atoms with Gasteiger partial charge in [0.1, 0.15) is 6.29 Å². The van der Waals surface area contributed by atoms with E-state index in [2.05, 4.69) is 0 Å². The number of carboxylic acids is 1. The van der Waals surface area contributed by atoms with Gasteiger partial charge in [0, 0.05) is 6.42 Å². The van der Waals surface area contributed by atoms with E-state index >= 15 is 0 Å². The lowest BCUT2D eigenvalue weighted by Gasteiger charge is -2.04. The number of hydrogen-bond donors (Lipinski definition) is 1. The van der Waals surface area contributed by atoms with Gasteiger partial charge in [0.2, 0.25) is 0 Å². The molecule has 3 nitrogen and oxygen atoms in total. The molecule has 0 aliphatic rings. The van der Waals surface area contributed by atoms with Crippen LogP contribution in [-0.4, -0.2) is 17.4 Å². The first-order valence-electron chi connectivity index (χ1n) is 4.41. The molecular formula is C10H16O3. The Hall–Kier alpha value is -1.12. The number of carbonyl (C=O) groups excluding carboxylic acids is 1. The normalized spacial score (nSPS) is 13.5. The Kier molecular flexibility index (Phi) is 5.85. The van der Waals surface area contributed by atoms with Crippen LogP contribution in [0.25, 0.3) is 0 Å². The largest absolute Gasteiger partial charge is 0.481 e. The summed E-state index contributed by atoms with van der Waals surface area (Å²) >= 11 is 0. The standard InChI is InChI=1S/C10H16O3/c1-8(2)4-3-5-9(6-7-11)10(12)13/h3-4,7-9H,5-6H2,1-2H3,(H,12,13)/b4-3-. The fraction of sp³-hybridized carbons (Fsp3) is 0.600. The van der Waals surface area contributed by atoms with Crippen molar-refractivity contribution in [1.82, 2.24) is 0 Å². The average Bonchev–Trinajstić information content (AvgIpc) is 2.02. The van der Waals surface area contributed by atoms with E-state index < -0.39 is 11.9 Å². The molecule has 0 aliphatic carbocycles. The molecule has 0 radical (unpaired) electrons. The van der Waals surface area contributed by atoms with Gasteiger partial charge in [-0.15, -0.1) is 0 Å². The highest BCUT2D eigenvalue weighted by Gasteiger charge is 2.14. The second-order valence-electron chi connectivity index (χ2n) is 3.35. The van der Waals surface area contributed by atoms with Crippen molar-refractivity contribution < 1.29 is 14.7 Å². The van der Waals surface area contributed by atoms with Gasteiger partial charge in [0.25, 0.3) is 0 Å². The summed E-state index contributed by atoms with van der Waals surface area (Å²) in [4.78, 5) is 20.7. The average molecular weight is 184 g/mol. The van der Waals surface area contributed by atoms with Crippen molar-refractivity contribution >= 4 is 12.3 Å². The summed E-state index contributed by atoms with van der Waals surface area (Å²) in [5, 5.41) is 8.68. The maximum atomic E-state index is 10.6. The first kappa shape index (κ1) is 11.9. The minimum atomic E-state index is -0.902. The summed E-state index contributed by atoms with van der Waals surface area (Å²) < 4.78 is 0. The number of hydrogen-bond acceptors (Lipinski definition) is 2. The fourth-order valence-corrected chi connectivity index (χ4v) is 0.929. The minimum Gasteiger partial charge on any atom is -0.481 e. The summed E-state index contributed by atoms with van der Waals surface area (Å²) in [5.74, 6) is -1.04. The van der Waals surface area contributed by atoms with Crippen molar-refractivity contribution in [2.24, 2.45) is 11.8 Å². The quantitative estimate of drug-likeness (QED) is 0.506. The van der Waals surface area contributed by atoms with Gasteiger partial charge in [-0.1, -0.05) is 26.0 Å². The highest BCUT2D eigenvalue weighted by atomic mass is 16.4. The SMILES string of the molecule is CC(C)/C=C\CC(CC=O)C(=O)O. The van der Waals surface area contributed by atoms with E-state index in [4.69, 9.17) is 5.11 Å². The number of rotatable bonds is 6. The van der Waals surface area contributed by atoms with Gasteiger partial charge in [-0.2, -0.15) is 0 Å². The van der Waals surface area contributed by atoms with Gasteiger partial charge >= 0.3 is 5.97 Å². The van der Waals surface area contributed by atoms with Gasteiger partial charge in [-0.05, 0) is 12.3 Å². The number of aliphatic carboxylic acids is 1. The summed E-state index contributed by atoms with van der Waals surface area (Å²) in [7, 11) is 0. The topological polar surface area (TPSA) is 54.4 Å². The molecule has 1 N–H and O–H groups in total. The van der Waals surface area contributed by atoms with Crippen molar-refractivity contribution in [3.8, 4) is 0 Å². The second-order valence-corrected chi connectivity index (χ2v) is 3.35. The molecule has 0 aromatic carbocycles. The molecule has 0 spiro atoms. The Balaban J connectivity index is 3.95. The maximum absolute atomic E-state index is 10.6. The lowest BCUT2D eigenvalue weighted by molar-refractivity contribution is -0.142. The summed E-state index contributed by atoms with van der Waals surface area (Å²) in [6, 6.07) is 0. The molecule has 3 heteroatoms. The van der Waals surface area contributed by atoms with E-state index in [1.807, 2.05) is 26.0 Å². The van der Waals surface area contributed by atoms with E-state index in [-0.39, 0.29) is 6.42 Å². The van der Waals surface area contributed by atoms with Crippen LogP contribution in [0, 0.1) is 11.8 Å². The van der Waals surface area contributed by atoms with Crippen molar-refractivity contribution in [3.05, 3.63) is 12.2 Å². The maximum Gasteiger partial charge on any atom is 0.307 e. The molecule has 0 rings (SSSR count). The third-order valence-corrected chi connectivity index (χ3v) is 1.67. The zero-order chi connectivity index (χ0) is 10.3. The molecule has 0 aliphatic heterocycles. The smallest absolute Gasteiger partial charge is 0.307 e. The van der Waals surface area contributed by atoms with Gasteiger partial charge in [-0.3, -0.25) is 4.79 Å². The molecule has 74 valence electrons. The first-order chi connectivity index (χ1) is 6.07. The Morgan fingerprint density at radius 1 is 1.38 bits per heavy atom. The van der Waals surface area contributed by atoms with Crippen LogP contribution in [0.4, 0.5) is 0 Å². The van der Waals surface area contributed by atoms with E-state index in [1.54, 1.807) is 0 Å². The van der Waals surface area contributed by atoms with Crippen LogP contribution in [0.15, 0.2) is 12.2 Å². The van der Waals surface area contributed by atoms with Crippen molar-refractivity contribution in [2.45, 2.75) is 26.7 Å². The lowest BCUT2D eigenvalue weighted by atomic mass is 10.0. The van der Waals surface area contributed by atoms with Crippen LogP contribution in [0.3, 0.4) is 0 Å². The van der Waals surface area contributed by atoms with Gasteiger partial charge in [-0.25, -0.2) is 0 Å².